The first-order chi connectivity index (χ1) is 10.9. The van der Waals surface area contributed by atoms with Crippen molar-refractivity contribution >= 4 is 15.6 Å². The van der Waals surface area contributed by atoms with Crippen molar-refractivity contribution in [3.63, 3.8) is 0 Å². The van der Waals surface area contributed by atoms with E-state index >= 15 is 0 Å². The van der Waals surface area contributed by atoms with Crippen molar-refractivity contribution < 1.29 is 8.42 Å². The van der Waals surface area contributed by atoms with Gasteiger partial charge in [0, 0.05) is 13.1 Å². The van der Waals surface area contributed by atoms with Gasteiger partial charge in [0.15, 0.2) is 0 Å². The fourth-order valence-corrected chi connectivity index (χ4v) is 3.73. The van der Waals surface area contributed by atoms with Crippen LogP contribution in [-0.4, -0.2) is 25.8 Å². The second kappa shape index (κ2) is 7.40. The van der Waals surface area contributed by atoms with Crippen LogP contribution in [0, 0.1) is 6.92 Å². The smallest absolute Gasteiger partial charge is 0.207 e. The normalized spacial score (nSPS) is 11.4. The molecule has 2 aromatic rings. The maximum atomic E-state index is 12.8. The van der Waals surface area contributed by atoms with Crippen LogP contribution in [0.2, 0.25) is 0 Å². The first kappa shape index (κ1) is 17.2. The molecule has 23 heavy (non-hydrogen) atoms. The van der Waals surface area contributed by atoms with Crippen LogP contribution < -0.4 is 0 Å². The number of benzene rings is 2. The van der Waals surface area contributed by atoms with Crippen LogP contribution in [0.25, 0.3) is 5.57 Å². The van der Waals surface area contributed by atoms with E-state index in [0.29, 0.717) is 0 Å². The molecule has 0 saturated carbocycles. The molecule has 0 saturated heterocycles. The lowest BCUT2D eigenvalue weighted by molar-refractivity contribution is 0.478. The van der Waals surface area contributed by atoms with E-state index in [1.807, 2.05) is 31.2 Å². The molecule has 0 aliphatic carbocycles. The molecule has 0 aromatic heterocycles. The Bertz CT molecular complexity index is 795. The second-order valence-electron chi connectivity index (χ2n) is 5.37. The van der Waals surface area contributed by atoms with E-state index in [2.05, 4.69) is 13.2 Å². The molecule has 3 nitrogen and oxygen atoms in total. The van der Waals surface area contributed by atoms with E-state index in [9.17, 15) is 8.42 Å². The highest BCUT2D eigenvalue weighted by Crippen LogP contribution is 2.21. The summed E-state index contributed by atoms with van der Waals surface area (Å²) in [6.45, 7) is 10.2. The van der Waals surface area contributed by atoms with E-state index in [4.69, 9.17) is 0 Å². The molecule has 120 valence electrons. The maximum Gasteiger partial charge on any atom is 0.243 e. The van der Waals surface area contributed by atoms with E-state index in [1.54, 1.807) is 36.4 Å². The minimum atomic E-state index is -3.58. The van der Waals surface area contributed by atoms with Gasteiger partial charge in [0.25, 0.3) is 0 Å². The van der Waals surface area contributed by atoms with Crippen LogP contribution in [-0.2, 0) is 10.0 Å². The van der Waals surface area contributed by atoms with Gasteiger partial charge in [0.1, 0.15) is 0 Å². The third-order valence-electron chi connectivity index (χ3n) is 3.51. The molecular formula is C19H21NO2S. The fourth-order valence-electron chi connectivity index (χ4n) is 2.30. The van der Waals surface area contributed by atoms with Crippen molar-refractivity contribution in [2.24, 2.45) is 0 Å². The van der Waals surface area contributed by atoms with Gasteiger partial charge in [-0.3, -0.25) is 0 Å². The Hall–Kier alpha value is -2.17. The third kappa shape index (κ3) is 4.18. The maximum absolute atomic E-state index is 12.8. The Morgan fingerprint density at radius 1 is 1.13 bits per heavy atom. The van der Waals surface area contributed by atoms with Crippen molar-refractivity contribution in [1.29, 1.82) is 0 Å². The average molecular weight is 327 g/mol. The van der Waals surface area contributed by atoms with Crippen LogP contribution in [0.1, 0.15) is 11.1 Å². The largest absolute Gasteiger partial charge is 0.243 e. The zero-order valence-corrected chi connectivity index (χ0v) is 14.1. The lowest BCUT2D eigenvalue weighted by Crippen LogP contribution is -2.32. The number of sulfonamides is 1. The SMILES string of the molecule is C=CCN(CC(=C)c1cccc(C)c1)S(=O)(=O)c1ccccc1. The Labute approximate surface area is 138 Å². The van der Waals surface area contributed by atoms with Crippen LogP contribution in [0.3, 0.4) is 0 Å². The summed E-state index contributed by atoms with van der Waals surface area (Å²) in [5, 5.41) is 0. The van der Waals surface area contributed by atoms with Crippen LogP contribution >= 0.6 is 0 Å². The fraction of sp³-hybridized carbons (Fsp3) is 0.158. The Kier molecular flexibility index (Phi) is 5.53. The monoisotopic (exact) mass is 327 g/mol. The van der Waals surface area contributed by atoms with Crippen molar-refractivity contribution in [2.75, 3.05) is 13.1 Å². The predicted molar refractivity (Wildman–Crippen MR) is 95.6 cm³/mol. The van der Waals surface area contributed by atoms with E-state index in [0.717, 1.165) is 16.7 Å². The summed E-state index contributed by atoms with van der Waals surface area (Å²) in [7, 11) is -3.58. The summed E-state index contributed by atoms with van der Waals surface area (Å²) < 4.78 is 27.0. The summed E-state index contributed by atoms with van der Waals surface area (Å²) in [4.78, 5) is 0.277. The molecule has 0 aliphatic heterocycles. The molecule has 0 atom stereocenters. The Morgan fingerprint density at radius 3 is 2.43 bits per heavy atom. The van der Waals surface area contributed by atoms with Gasteiger partial charge in [-0.05, 0) is 30.2 Å². The molecule has 0 heterocycles. The second-order valence-corrected chi connectivity index (χ2v) is 7.31. The molecular weight excluding hydrogens is 306 g/mol. The molecule has 4 heteroatoms. The quantitative estimate of drug-likeness (QED) is 0.724. The predicted octanol–water partition coefficient (Wildman–Crippen LogP) is 3.89. The first-order valence-corrected chi connectivity index (χ1v) is 8.80. The molecule has 0 fully saturated rings. The van der Waals surface area contributed by atoms with Gasteiger partial charge < -0.3 is 0 Å². The highest BCUT2D eigenvalue weighted by molar-refractivity contribution is 7.89. The number of rotatable bonds is 7. The van der Waals surface area contributed by atoms with Gasteiger partial charge >= 0.3 is 0 Å². The lowest BCUT2D eigenvalue weighted by atomic mass is 10.1. The van der Waals surface area contributed by atoms with Gasteiger partial charge in [-0.1, -0.05) is 60.7 Å². The molecule has 2 rings (SSSR count). The Morgan fingerprint density at radius 2 is 1.83 bits per heavy atom. The van der Waals surface area contributed by atoms with Gasteiger partial charge in [0.05, 0.1) is 4.90 Å². The minimum Gasteiger partial charge on any atom is -0.207 e. The van der Waals surface area contributed by atoms with Crippen molar-refractivity contribution in [3.8, 4) is 0 Å². The Balaban J connectivity index is 2.29. The number of hydrogen-bond acceptors (Lipinski definition) is 2. The number of hydrogen-bond donors (Lipinski definition) is 0. The highest BCUT2D eigenvalue weighted by Gasteiger charge is 2.23. The number of nitrogens with zero attached hydrogens (tertiary/aromatic N) is 1. The van der Waals surface area contributed by atoms with E-state index in [1.165, 1.54) is 4.31 Å². The zero-order valence-electron chi connectivity index (χ0n) is 13.3. The first-order valence-electron chi connectivity index (χ1n) is 7.36. The highest BCUT2D eigenvalue weighted by atomic mass is 32.2. The molecule has 0 N–H and O–H groups in total. The molecule has 0 radical (unpaired) electrons. The van der Waals surface area contributed by atoms with Crippen LogP contribution in [0.15, 0.2) is 78.7 Å². The van der Waals surface area contributed by atoms with Crippen LogP contribution in [0.5, 0.6) is 0 Å². The van der Waals surface area contributed by atoms with Gasteiger partial charge in [0.2, 0.25) is 10.0 Å². The number of aryl methyl sites for hydroxylation is 1. The minimum absolute atomic E-state index is 0.229. The summed E-state index contributed by atoms with van der Waals surface area (Å²) >= 11 is 0. The van der Waals surface area contributed by atoms with Gasteiger partial charge in [-0.25, -0.2) is 8.42 Å². The van der Waals surface area contributed by atoms with Gasteiger partial charge in [-0.2, -0.15) is 4.31 Å². The standard InChI is InChI=1S/C19H21NO2S/c1-4-13-20(23(21,22)19-11-6-5-7-12-19)15-17(3)18-10-8-9-16(2)14-18/h4-12,14H,1,3,13,15H2,2H3. The zero-order chi connectivity index (χ0) is 16.9. The summed E-state index contributed by atoms with van der Waals surface area (Å²) in [5.74, 6) is 0. The van der Waals surface area contributed by atoms with E-state index < -0.39 is 10.0 Å². The molecule has 0 unspecified atom stereocenters. The van der Waals surface area contributed by atoms with Crippen molar-refractivity contribution in [1.82, 2.24) is 4.31 Å². The van der Waals surface area contributed by atoms with Crippen LogP contribution in [0.4, 0.5) is 0 Å². The molecule has 0 amide bonds. The molecule has 0 bridgehead atoms. The lowest BCUT2D eigenvalue weighted by Gasteiger charge is -2.22. The third-order valence-corrected chi connectivity index (χ3v) is 5.33. The molecule has 0 aliphatic rings. The van der Waals surface area contributed by atoms with Crippen molar-refractivity contribution in [3.05, 3.63) is 85.0 Å². The average Bonchev–Trinajstić information content (AvgIpc) is 2.55. The topological polar surface area (TPSA) is 37.4 Å². The molecule has 0 spiro atoms. The molecule has 2 aromatic carbocycles. The summed E-state index contributed by atoms with van der Waals surface area (Å²) in [6.07, 6.45) is 1.59. The van der Waals surface area contributed by atoms with Gasteiger partial charge in [-0.15, -0.1) is 6.58 Å². The summed E-state index contributed by atoms with van der Waals surface area (Å²) in [6, 6.07) is 16.3. The van der Waals surface area contributed by atoms with Crippen molar-refractivity contribution in [2.45, 2.75) is 11.8 Å². The van der Waals surface area contributed by atoms with E-state index in [-0.39, 0.29) is 18.0 Å². The summed E-state index contributed by atoms with van der Waals surface area (Å²) in [5.41, 5.74) is 2.82.